The summed E-state index contributed by atoms with van der Waals surface area (Å²) in [5, 5.41) is 9.91. The SMILES string of the molecule is Cc1cnc(CNCc2cn[nH]c2-c2ccc(F)cc2F)cn1. The number of aromatic nitrogens is 4. The predicted molar refractivity (Wildman–Crippen MR) is 81.3 cm³/mol. The zero-order chi connectivity index (χ0) is 16.2. The van der Waals surface area contributed by atoms with Crippen molar-refractivity contribution in [3.63, 3.8) is 0 Å². The number of hydrogen-bond acceptors (Lipinski definition) is 4. The molecule has 2 aromatic heterocycles. The van der Waals surface area contributed by atoms with Gasteiger partial charge in [-0.1, -0.05) is 0 Å². The van der Waals surface area contributed by atoms with Gasteiger partial charge in [0.15, 0.2) is 0 Å². The molecule has 0 saturated carbocycles. The Morgan fingerprint density at radius 1 is 1.09 bits per heavy atom. The number of halogens is 2. The number of aryl methyl sites for hydroxylation is 1. The van der Waals surface area contributed by atoms with Crippen LogP contribution in [0.5, 0.6) is 0 Å². The summed E-state index contributed by atoms with van der Waals surface area (Å²) in [7, 11) is 0. The first kappa shape index (κ1) is 15.2. The van der Waals surface area contributed by atoms with Crippen molar-refractivity contribution >= 4 is 0 Å². The van der Waals surface area contributed by atoms with Crippen LogP contribution in [0.25, 0.3) is 11.3 Å². The summed E-state index contributed by atoms with van der Waals surface area (Å²) in [6.07, 6.45) is 5.03. The Morgan fingerprint density at radius 2 is 1.96 bits per heavy atom. The molecule has 2 heterocycles. The Labute approximate surface area is 131 Å². The molecule has 2 N–H and O–H groups in total. The minimum absolute atomic E-state index is 0.288. The van der Waals surface area contributed by atoms with Crippen LogP contribution in [0, 0.1) is 18.6 Å². The number of rotatable bonds is 5. The third-order valence-corrected chi connectivity index (χ3v) is 3.37. The molecule has 0 amide bonds. The van der Waals surface area contributed by atoms with Crippen LogP contribution in [0.4, 0.5) is 8.78 Å². The highest BCUT2D eigenvalue weighted by atomic mass is 19.1. The van der Waals surface area contributed by atoms with Crippen LogP contribution in [0.2, 0.25) is 0 Å². The highest BCUT2D eigenvalue weighted by Crippen LogP contribution is 2.24. The monoisotopic (exact) mass is 315 g/mol. The van der Waals surface area contributed by atoms with Gasteiger partial charge in [0.05, 0.1) is 23.3 Å². The van der Waals surface area contributed by atoms with Gasteiger partial charge in [0.25, 0.3) is 0 Å². The van der Waals surface area contributed by atoms with Crippen molar-refractivity contribution < 1.29 is 8.78 Å². The first-order valence-corrected chi connectivity index (χ1v) is 7.09. The van der Waals surface area contributed by atoms with E-state index in [0.717, 1.165) is 23.0 Å². The molecule has 23 heavy (non-hydrogen) atoms. The lowest BCUT2D eigenvalue weighted by Crippen LogP contribution is -2.14. The Kier molecular flexibility index (Phi) is 4.38. The van der Waals surface area contributed by atoms with Crippen LogP contribution in [0.1, 0.15) is 17.0 Å². The van der Waals surface area contributed by atoms with Gasteiger partial charge in [-0.2, -0.15) is 5.10 Å². The van der Waals surface area contributed by atoms with E-state index in [4.69, 9.17) is 0 Å². The van der Waals surface area contributed by atoms with Crippen LogP contribution in [-0.4, -0.2) is 20.2 Å². The molecular formula is C16H15F2N5. The first-order chi connectivity index (χ1) is 11.1. The van der Waals surface area contributed by atoms with E-state index in [1.54, 1.807) is 18.6 Å². The maximum Gasteiger partial charge on any atom is 0.135 e. The van der Waals surface area contributed by atoms with Crippen molar-refractivity contribution in [3.05, 3.63) is 65.4 Å². The van der Waals surface area contributed by atoms with Crippen molar-refractivity contribution in [3.8, 4) is 11.3 Å². The van der Waals surface area contributed by atoms with E-state index in [1.807, 2.05) is 6.92 Å². The van der Waals surface area contributed by atoms with E-state index in [0.29, 0.717) is 18.8 Å². The van der Waals surface area contributed by atoms with Crippen LogP contribution in [-0.2, 0) is 13.1 Å². The first-order valence-electron chi connectivity index (χ1n) is 7.09. The quantitative estimate of drug-likeness (QED) is 0.760. The van der Waals surface area contributed by atoms with Gasteiger partial charge in [0.2, 0.25) is 0 Å². The highest BCUT2D eigenvalue weighted by Gasteiger charge is 2.12. The summed E-state index contributed by atoms with van der Waals surface area (Å²) >= 11 is 0. The smallest absolute Gasteiger partial charge is 0.135 e. The second-order valence-electron chi connectivity index (χ2n) is 5.15. The molecule has 3 aromatic rings. The summed E-state index contributed by atoms with van der Waals surface area (Å²) in [6.45, 7) is 2.88. The van der Waals surface area contributed by atoms with Crippen molar-refractivity contribution in [2.75, 3.05) is 0 Å². The molecule has 7 heteroatoms. The summed E-state index contributed by atoms with van der Waals surface area (Å²) in [5.74, 6) is -1.23. The van der Waals surface area contributed by atoms with Gasteiger partial charge in [-0.3, -0.25) is 15.1 Å². The van der Waals surface area contributed by atoms with Gasteiger partial charge in [0.1, 0.15) is 11.6 Å². The zero-order valence-corrected chi connectivity index (χ0v) is 12.5. The third kappa shape index (κ3) is 3.57. The summed E-state index contributed by atoms with van der Waals surface area (Å²) < 4.78 is 26.9. The van der Waals surface area contributed by atoms with Crippen LogP contribution in [0.3, 0.4) is 0 Å². The van der Waals surface area contributed by atoms with Gasteiger partial charge in [-0.15, -0.1) is 0 Å². The van der Waals surface area contributed by atoms with Gasteiger partial charge in [-0.25, -0.2) is 8.78 Å². The fourth-order valence-corrected chi connectivity index (χ4v) is 2.21. The number of benzene rings is 1. The van der Waals surface area contributed by atoms with E-state index in [2.05, 4.69) is 25.5 Å². The maximum atomic E-state index is 13.9. The van der Waals surface area contributed by atoms with Gasteiger partial charge >= 0.3 is 0 Å². The molecule has 0 aliphatic rings. The molecule has 0 aliphatic carbocycles. The van der Waals surface area contributed by atoms with Crippen LogP contribution >= 0.6 is 0 Å². The van der Waals surface area contributed by atoms with Crippen molar-refractivity contribution in [1.29, 1.82) is 0 Å². The predicted octanol–water partition coefficient (Wildman–Crippen LogP) is 2.74. The second-order valence-corrected chi connectivity index (χ2v) is 5.15. The van der Waals surface area contributed by atoms with E-state index in [9.17, 15) is 8.78 Å². The normalized spacial score (nSPS) is 10.9. The summed E-state index contributed by atoms with van der Waals surface area (Å²) in [5.41, 5.74) is 3.28. The molecule has 0 atom stereocenters. The lowest BCUT2D eigenvalue weighted by Gasteiger charge is -2.06. The van der Waals surface area contributed by atoms with E-state index in [-0.39, 0.29) is 5.56 Å². The number of H-pyrrole nitrogens is 1. The van der Waals surface area contributed by atoms with Gasteiger partial charge < -0.3 is 5.32 Å². The standard InChI is InChI=1S/C16H15F2N5/c1-10-5-21-13(9-20-10)8-19-6-11-7-22-23-16(11)14-3-2-12(17)4-15(14)18/h2-5,7,9,19H,6,8H2,1H3,(H,22,23). The molecular weight excluding hydrogens is 300 g/mol. The molecule has 3 rings (SSSR count). The molecule has 1 aromatic carbocycles. The minimum atomic E-state index is -0.625. The van der Waals surface area contributed by atoms with Crippen molar-refractivity contribution in [2.24, 2.45) is 0 Å². The fraction of sp³-hybridized carbons (Fsp3) is 0.188. The molecule has 0 saturated heterocycles. The molecule has 0 aliphatic heterocycles. The highest BCUT2D eigenvalue weighted by molar-refractivity contribution is 5.63. The Hall–Kier alpha value is -2.67. The summed E-state index contributed by atoms with van der Waals surface area (Å²) in [6, 6.07) is 3.47. The largest absolute Gasteiger partial charge is 0.307 e. The molecule has 0 bridgehead atoms. The zero-order valence-electron chi connectivity index (χ0n) is 12.5. The Morgan fingerprint density at radius 3 is 2.70 bits per heavy atom. The molecule has 0 fully saturated rings. The van der Waals surface area contributed by atoms with Crippen molar-refractivity contribution in [2.45, 2.75) is 20.0 Å². The lowest BCUT2D eigenvalue weighted by atomic mass is 10.1. The molecule has 0 unspecified atom stereocenters. The maximum absolute atomic E-state index is 13.9. The van der Waals surface area contributed by atoms with E-state index < -0.39 is 11.6 Å². The average Bonchev–Trinajstić information content (AvgIpc) is 2.97. The topological polar surface area (TPSA) is 66.5 Å². The molecule has 118 valence electrons. The van der Waals surface area contributed by atoms with Crippen LogP contribution < -0.4 is 5.32 Å². The third-order valence-electron chi connectivity index (χ3n) is 3.37. The second kappa shape index (κ2) is 6.62. The fourth-order valence-electron chi connectivity index (χ4n) is 2.21. The minimum Gasteiger partial charge on any atom is -0.307 e. The summed E-state index contributed by atoms with van der Waals surface area (Å²) in [4.78, 5) is 8.43. The number of aromatic amines is 1. The van der Waals surface area contributed by atoms with E-state index in [1.165, 1.54) is 12.1 Å². The lowest BCUT2D eigenvalue weighted by molar-refractivity contribution is 0.585. The van der Waals surface area contributed by atoms with E-state index >= 15 is 0 Å². The molecule has 5 nitrogen and oxygen atoms in total. The Balaban J connectivity index is 1.70. The number of nitrogens with zero attached hydrogens (tertiary/aromatic N) is 3. The number of hydrogen-bond donors (Lipinski definition) is 2. The number of nitrogens with one attached hydrogen (secondary N) is 2. The molecule has 0 spiro atoms. The Bertz CT molecular complexity index is 798. The molecule has 0 radical (unpaired) electrons. The average molecular weight is 315 g/mol. The van der Waals surface area contributed by atoms with Gasteiger partial charge in [-0.05, 0) is 19.1 Å². The van der Waals surface area contributed by atoms with Gasteiger partial charge in [0, 0.05) is 42.7 Å². The van der Waals surface area contributed by atoms with Crippen LogP contribution in [0.15, 0.2) is 36.8 Å². The van der Waals surface area contributed by atoms with Crippen molar-refractivity contribution in [1.82, 2.24) is 25.5 Å².